The van der Waals surface area contributed by atoms with E-state index in [1.807, 2.05) is 25.3 Å². The van der Waals surface area contributed by atoms with Gasteiger partial charge in [0.05, 0.1) is 4.88 Å². The Kier molecular flexibility index (Phi) is 5.85. The van der Waals surface area contributed by atoms with Gasteiger partial charge in [-0.1, -0.05) is 19.9 Å². The largest absolute Gasteiger partial charge is 0.352 e. The van der Waals surface area contributed by atoms with E-state index in [9.17, 15) is 9.59 Å². The maximum Gasteiger partial charge on any atom is 0.261 e. The van der Waals surface area contributed by atoms with Crippen LogP contribution in [-0.2, 0) is 4.79 Å². The van der Waals surface area contributed by atoms with E-state index in [0.29, 0.717) is 4.88 Å². The molecule has 0 spiro atoms. The van der Waals surface area contributed by atoms with Gasteiger partial charge < -0.3 is 10.6 Å². The van der Waals surface area contributed by atoms with E-state index in [1.165, 1.54) is 11.3 Å². The third kappa shape index (κ3) is 4.14. The van der Waals surface area contributed by atoms with Gasteiger partial charge in [0.2, 0.25) is 5.91 Å². The van der Waals surface area contributed by atoms with Crippen molar-refractivity contribution in [3.8, 4) is 0 Å². The molecule has 0 radical (unpaired) electrons. The van der Waals surface area contributed by atoms with Crippen LogP contribution in [0, 0.1) is 0 Å². The van der Waals surface area contributed by atoms with E-state index in [4.69, 9.17) is 0 Å². The Labute approximate surface area is 112 Å². The van der Waals surface area contributed by atoms with Crippen molar-refractivity contribution < 1.29 is 9.59 Å². The molecule has 0 saturated heterocycles. The Morgan fingerprint density at radius 2 is 1.94 bits per heavy atom. The number of thiophene rings is 1. The SMILES string of the molecule is CCC(CC)NC(=O)[C@@H](C)NC(=O)c1cccs1. The van der Waals surface area contributed by atoms with Gasteiger partial charge in [-0.3, -0.25) is 9.59 Å². The van der Waals surface area contributed by atoms with Crippen LogP contribution in [0.15, 0.2) is 17.5 Å². The molecule has 5 heteroatoms. The smallest absolute Gasteiger partial charge is 0.261 e. The van der Waals surface area contributed by atoms with Crippen LogP contribution in [-0.4, -0.2) is 23.9 Å². The van der Waals surface area contributed by atoms with Gasteiger partial charge in [-0.25, -0.2) is 0 Å². The number of hydrogen-bond donors (Lipinski definition) is 2. The third-order valence-corrected chi connectivity index (χ3v) is 3.69. The molecule has 0 aliphatic rings. The molecular formula is C13H20N2O2S. The molecule has 2 amide bonds. The normalized spacial score (nSPS) is 12.2. The Bertz CT molecular complexity index is 386. The van der Waals surface area contributed by atoms with Crippen molar-refractivity contribution in [1.29, 1.82) is 0 Å². The fourth-order valence-corrected chi connectivity index (χ4v) is 2.19. The lowest BCUT2D eigenvalue weighted by Crippen LogP contribution is -2.47. The Morgan fingerprint density at radius 3 is 2.44 bits per heavy atom. The zero-order valence-corrected chi connectivity index (χ0v) is 11.8. The van der Waals surface area contributed by atoms with E-state index in [0.717, 1.165) is 12.8 Å². The van der Waals surface area contributed by atoms with E-state index in [2.05, 4.69) is 10.6 Å². The molecule has 1 rings (SSSR count). The van der Waals surface area contributed by atoms with Gasteiger partial charge in [0.25, 0.3) is 5.91 Å². The summed E-state index contributed by atoms with van der Waals surface area (Å²) in [6.45, 7) is 5.76. The zero-order valence-electron chi connectivity index (χ0n) is 11.0. The molecule has 1 atom stereocenters. The summed E-state index contributed by atoms with van der Waals surface area (Å²) in [5.41, 5.74) is 0. The fraction of sp³-hybridized carbons (Fsp3) is 0.538. The first-order chi connectivity index (χ1) is 8.58. The van der Waals surface area contributed by atoms with Crippen molar-refractivity contribution in [2.75, 3.05) is 0 Å². The summed E-state index contributed by atoms with van der Waals surface area (Å²) < 4.78 is 0. The lowest BCUT2D eigenvalue weighted by atomic mass is 10.1. The average molecular weight is 268 g/mol. The molecule has 4 nitrogen and oxygen atoms in total. The molecule has 1 aromatic rings. The molecular weight excluding hydrogens is 248 g/mol. The summed E-state index contributed by atoms with van der Waals surface area (Å²) in [5.74, 6) is -0.328. The Balaban J connectivity index is 2.47. The second-order valence-electron chi connectivity index (χ2n) is 4.19. The lowest BCUT2D eigenvalue weighted by Gasteiger charge is -2.19. The molecule has 1 heterocycles. The van der Waals surface area contributed by atoms with Crippen LogP contribution in [0.25, 0.3) is 0 Å². The summed E-state index contributed by atoms with van der Waals surface area (Å²) in [6, 6.07) is 3.22. The highest BCUT2D eigenvalue weighted by atomic mass is 32.1. The van der Waals surface area contributed by atoms with Crippen LogP contribution in [0.3, 0.4) is 0 Å². The summed E-state index contributed by atoms with van der Waals surface area (Å²) in [6.07, 6.45) is 1.79. The van der Waals surface area contributed by atoms with Crippen molar-refractivity contribution in [3.63, 3.8) is 0 Å². The second-order valence-corrected chi connectivity index (χ2v) is 5.14. The van der Waals surface area contributed by atoms with Gasteiger partial charge in [-0.2, -0.15) is 0 Å². The number of rotatable bonds is 6. The zero-order chi connectivity index (χ0) is 13.5. The van der Waals surface area contributed by atoms with Gasteiger partial charge in [0, 0.05) is 6.04 Å². The van der Waals surface area contributed by atoms with Gasteiger partial charge in [-0.05, 0) is 31.2 Å². The van der Waals surface area contributed by atoms with Gasteiger partial charge in [0.15, 0.2) is 0 Å². The number of nitrogens with one attached hydrogen (secondary N) is 2. The molecule has 0 aliphatic heterocycles. The summed E-state index contributed by atoms with van der Waals surface area (Å²) >= 11 is 1.36. The van der Waals surface area contributed by atoms with E-state index in [-0.39, 0.29) is 17.9 Å². The second kappa shape index (κ2) is 7.16. The van der Waals surface area contributed by atoms with E-state index < -0.39 is 6.04 Å². The number of hydrogen-bond acceptors (Lipinski definition) is 3. The Morgan fingerprint density at radius 1 is 1.28 bits per heavy atom. The summed E-state index contributed by atoms with van der Waals surface area (Å²) in [5, 5.41) is 7.45. The maximum absolute atomic E-state index is 11.9. The standard InChI is InChI=1S/C13H20N2O2S/c1-4-10(5-2)15-12(16)9(3)14-13(17)11-7-6-8-18-11/h6-10H,4-5H2,1-3H3,(H,14,17)(H,15,16)/t9-/m1/s1. The molecule has 0 aromatic carbocycles. The highest BCUT2D eigenvalue weighted by Crippen LogP contribution is 2.08. The highest BCUT2D eigenvalue weighted by Gasteiger charge is 2.18. The molecule has 0 saturated carbocycles. The molecule has 0 fully saturated rings. The van der Waals surface area contributed by atoms with Gasteiger partial charge in [-0.15, -0.1) is 11.3 Å². The topological polar surface area (TPSA) is 58.2 Å². The van der Waals surface area contributed by atoms with E-state index >= 15 is 0 Å². The van der Waals surface area contributed by atoms with Crippen LogP contribution in [0.4, 0.5) is 0 Å². The first kappa shape index (κ1) is 14.7. The van der Waals surface area contributed by atoms with Gasteiger partial charge in [0.1, 0.15) is 6.04 Å². The van der Waals surface area contributed by atoms with E-state index in [1.54, 1.807) is 13.0 Å². The minimum atomic E-state index is -0.514. The molecule has 2 N–H and O–H groups in total. The third-order valence-electron chi connectivity index (χ3n) is 2.82. The van der Waals surface area contributed by atoms with Crippen LogP contribution in [0.1, 0.15) is 43.3 Å². The van der Waals surface area contributed by atoms with Crippen LogP contribution in [0.5, 0.6) is 0 Å². The van der Waals surface area contributed by atoms with Crippen LogP contribution >= 0.6 is 11.3 Å². The lowest BCUT2D eigenvalue weighted by molar-refractivity contribution is -0.123. The number of carbonyl (C=O) groups is 2. The van der Waals surface area contributed by atoms with Crippen molar-refractivity contribution in [2.24, 2.45) is 0 Å². The highest BCUT2D eigenvalue weighted by molar-refractivity contribution is 7.12. The molecule has 18 heavy (non-hydrogen) atoms. The van der Waals surface area contributed by atoms with Crippen molar-refractivity contribution in [2.45, 2.75) is 45.7 Å². The number of carbonyl (C=O) groups excluding carboxylic acids is 2. The molecule has 0 aliphatic carbocycles. The van der Waals surface area contributed by atoms with Crippen LogP contribution < -0.4 is 10.6 Å². The summed E-state index contributed by atoms with van der Waals surface area (Å²) in [7, 11) is 0. The van der Waals surface area contributed by atoms with Crippen molar-refractivity contribution in [3.05, 3.63) is 22.4 Å². The molecule has 1 aromatic heterocycles. The minimum Gasteiger partial charge on any atom is -0.352 e. The Hall–Kier alpha value is -1.36. The quantitative estimate of drug-likeness (QED) is 0.830. The monoisotopic (exact) mass is 268 g/mol. The summed E-state index contributed by atoms with van der Waals surface area (Å²) in [4.78, 5) is 24.2. The predicted octanol–water partition coefficient (Wildman–Crippen LogP) is 2.17. The maximum atomic E-state index is 11.9. The first-order valence-corrected chi connectivity index (χ1v) is 7.11. The van der Waals surface area contributed by atoms with Crippen molar-refractivity contribution >= 4 is 23.2 Å². The van der Waals surface area contributed by atoms with Gasteiger partial charge >= 0.3 is 0 Å². The first-order valence-electron chi connectivity index (χ1n) is 6.23. The average Bonchev–Trinajstić information content (AvgIpc) is 2.89. The molecule has 100 valence electrons. The van der Waals surface area contributed by atoms with Crippen LogP contribution in [0.2, 0.25) is 0 Å². The minimum absolute atomic E-state index is 0.131. The molecule has 0 bridgehead atoms. The van der Waals surface area contributed by atoms with Crippen molar-refractivity contribution in [1.82, 2.24) is 10.6 Å². The number of amides is 2. The molecule has 0 unspecified atom stereocenters. The fourth-order valence-electron chi connectivity index (χ4n) is 1.56. The predicted molar refractivity (Wildman–Crippen MR) is 73.8 cm³/mol.